The fraction of sp³-hybridized carbons (Fsp3) is 0.267. The Morgan fingerprint density at radius 2 is 1.88 bits per heavy atom. The average Bonchev–Trinajstić information content (AvgIpc) is 2.39. The first-order chi connectivity index (χ1) is 8.40. The zero-order valence-electron chi connectivity index (χ0n) is 10.2. The summed E-state index contributed by atoms with van der Waals surface area (Å²) in [6.45, 7) is 2.20. The number of pyridine rings is 1. The van der Waals surface area contributed by atoms with Crippen molar-refractivity contribution in [3.05, 3.63) is 54.4 Å². The maximum Gasteiger partial charge on any atom is 0.0638 e. The second-order valence-corrected chi connectivity index (χ2v) is 4.09. The molecule has 0 radical (unpaired) electrons. The molecule has 1 heterocycles. The van der Waals surface area contributed by atoms with Crippen molar-refractivity contribution in [2.45, 2.75) is 26.2 Å². The molecule has 2 nitrogen and oxygen atoms in total. The molecule has 2 aromatic rings. The summed E-state index contributed by atoms with van der Waals surface area (Å²) < 4.78 is 0. The van der Waals surface area contributed by atoms with Crippen LogP contribution in [0.15, 0.2) is 48.7 Å². The van der Waals surface area contributed by atoms with E-state index in [4.69, 9.17) is 0 Å². The third-order valence-electron chi connectivity index (χ3n) is 2.71. The van der Waals surface area contributed by atoms with Gasteiger partial charge in [0.15, 0.2) is 0 Å². The van der Waals surface area contributed by atoms with Gasteiger partial charge in [-0.05, 0) is 37.1 Å². The van der Waals surface area contributed by atoms with Gasteiger partial charge in [-0.25, -0.2) is 0 Å². The van der Waals surface area contributed by atoms with Crippen LogP contribution in [0.3, 0.4) is 0 Å². The van der Waals surface area contributed by atoms with E-state index in [0.717, 1.165) is 23.5 Å². The minimum Gasteiger partial charge on any atom is -0.354 e. The lowest BCUT2D eigenvalue weighted by atomic mass is 10.1. The third-order valence-corrected chi connectivity index (χ3v) is 2.71. The van der Waals surface area contributed by atoms with Crippen LogP contribution < -0.4 is 5.32 Å². The van der Waals surface area contributed by atoms with E-state index in [1.54, 1.807) is 0 Å². The summed E-state index contributed by atoms with van der Waals surface area (Å²) in [6, 6.07) is 14.3. The van der Waals surface area contributed by atoms with E-state index in [1.807, 2.05) is 30.5 Å². The third kappa shape index (κ3) is 3.31. The standard InChI is InChI=1S/C15H18N2/c1-2-3-10-14-15(11-7-12-16-14)17-13-8-5-4-6-9-13/h4-9,11-12,17H,2-3,10H2,1H3. The first-order valence-corrected chi connectivity index (χ1v) is 6.16. The van der Waals surface area contributed by atoms with Crippen molar-refractivity contribution in [2.24, 2.45) is 0 Å². The molecule has 0 amide bonds. The maximum atomic E-state index is 4.45. The van der Waals surface area contributed by atoms with E-state index in [-0.39, 0.29) is 0 Å². The largest absolute Gasteiger partial charge is 0.354 e. The lowest BCUT2D eigenvalue weighted by Gasteiger charge is -2.10. The summed E-state index contributed by atoms with van der Waals surface area (Å²) in [5, 5.41) is 3.42. The molecule has 0 saturated heterocycles. The van der Waals surface area contributed by atoms with Gasteiger partial charge in [-0.3, -0.25) is 4.98 Å². The van der Waals surface area contributed by atoms with Crippen molar-refractivity contribution < 1.29 is 0 Å². The highest BCUT2D eigenvalue weighted by molar-refractivity contribution is 5.61. The Kier molecular flexibility index (Phi) is 4.14. The van der Waals surface area contributed by atoms with Gasteiger partial charge >= 0.3 is 0 Å². The van der Waals surface area contributed by atoms with Crippen LogP contribution in [0.2, 0.25) is 0 Å². The number of nitrogens with zero attached hydrogens (tertiary/aromatic N) is 1. The number of anilines is 2. The summed E-state index contributed by atoms with van der Waals surface area (Å²) in [5.74, 6) is 0. The summed E-state index contributed by atoms with van der Waals surface area (Å²) in [7, 11) is 0. The molecule has 2 rings (SSSR count). The van der Waals surface area contributed by atoms with Gasteiger partial charge in [0.25, 0.3) is 0 Å². The summed E-state index contributed by atoms with van der Waals surface area (Å²) in [5.41, 5.74) is 3.38. The number of hydrogen-bond acceptors (Lipinski definition) is 2. The van der Waals surface area contributed by atoms with Gasteiger partial charge in [0.2, 0.25) is 0 Å². The highest BCUT2D eigenvalue weighted by atomic mass is 14.9. The van der Waals surface area contributed by atoms with E-state index in [9.17, 15) is 0 Å². The van der Waals surface area contributed by atoms with E-state index in [2.05, 4.69) is 35.4 Å². The number of aryl methyl sites for hydroxylation is 1. The van der Waals surface area contributed by atoms with Crippen molar-refractivity contribution in [2.75, 3.05) is 5.32 Å². The van der Waals surface area contributed by atoms with Crippen LogP contribution >= 0.6 is 0 Å². The smallest absolute Gasteiger partial charge is 0.0638 e. The molecule has 1 N–H and O–H groups in total. The zero-order valence-corrected chi connectivity index (χ0v) is 10.2. The Balaban J connectivity index is 2.15. The fourth-order valence-corrected chi connectivity index (χ4v) is 1.77. The first kappa shape index (κ1) is 11.6. The average molecular weight is 226 g/mol. The number of hydrogen-bond donors (Lipinski definition) is 1. The minimum absolute atomic E-state index is 1.03. The molecule has 0 aliphatic rings. The van der Waals surface area contributed by atoms with Gasteiger partial charge in [0.1, 0.15) is 0 Å². The van der Waals surface area contributed by atoms with E-state index >= 15 is 0 Å². The number of aromatic nitrogens is 1. The van der Waals surface area contributed by atoms with Gasteiger partial charge in [0, 0.05) is 11.9 Å². The molecule has 0 fully saturated rings. The van der Waals surface area contributed by atoms with Gasteiger partial charge in [0.05, 0.1) is 11.4 Å². The zero-order chi connectivity index (χ0) is 11.9. The van der Waals surface area contributed by atoms with Gasteiger partial charge in [-0.15, -0.1) is 0 Å². The monoisotopic (exact) mass is 226 g/mol. The van der Waals surface area contributed by atoms with Gasteiger partial charge < -0.3 is 5.32 Å². The number of para-hydroxylation sites is 1. The molecule has 1 aromatic carbocycles. The van der Waals surface area contributed by atoms with Crippen LogP contribution in [-0.2, 0) is 6.42 Å². The fourth-order valence-electron chi connectivity index (χ4n) is 1.77. The summed E-state index contributed by atoms with van der Waals surface area (Å²) in [4.78, 5) is 4.45. The Bertz CT molecular complexity index is 451. The van der Waals surface area contributed by atoms with Crippen LogP contribution in [0.4, 0.5) is 11.4 Å². The number of unbranched alkanes of at least 4 members (excludes halogenated alkanes) is 1. The molecular formula is C15H18N2. The van der Waals surface area contributed by atoms with Gasteiger partial charge in [-0.1, -0.05) is 31.5 Å². The van der Waals surface area contributed by atoms with Crippen molar-refractivity contribution in [3.63, 3.8) is 0 Å². The van der Waals surface area contributed by atoms with Crippen molar-refractivity contribution in [3.8, 4) is 0 Å². The molecule has 17 heavy (non-hydrogen) atoms. The Labute approximate surface area is 103 Å². The molecule has 88 valence electrons. The Morgan fingerprint density at radius 1 is 1.06 bits per heavy atom. The molecule has 1 aromatic heterocycles. The van der Waals surface area contributed by atoms with Crippen molar-refractivity contribution in [1.29, 1.82) is 0 Å². The highest BCUT2D eigenvalue weighted by Crippen LogP contribution is 2.20. The lowest BCUT2D eigenvalue weighted by molar-refractivity contribution is 0.778. The SMILES string of the molecule is CCCCc1ncccc1Nc1ccccc1. The quantitative estimate of drug-likeness (QED) is 0.827. The van der Waals surface area contributed by atoms with Crippen LogP contribution in [0.1, 0.15) is 25.5 Å². The first-order valence-electron chi connectivity index (χ1n) is 6.16. The molecule has 0 saturated carbocycles. The predicted molar refractivity (Wildman–Crippen MR) is 72.6 cm³/mol. The predicted octanol–water partition coefficient (Wildman–Crippen LogP) is 4.17. The number of rotatable bonds is 5. The van der Waals surface area contributed by atoms with Crippen molar-refractivity contribution in [1.82, 2.24) is 4.98 Å². The van der Waals surface area contributed by atoms with E-state index in [1.165, 1.54) is 12.8 Å². The molecule has 0 bridgehead atoms. The van der Waals surface area contributed by atoms with Crippen molar-refractivity contribution >= 4 is 11.4 Å². The molecule has 0 atom stereocenters. The second-order valence-electron chi connectivity index (χ2n) is 4.09. The highest BCUT2D eigenvalue weighted by Gasteiger charge is 2.02. The molecule has 0 unspecified atom stereocenters. The van der Waals surface area contributed by atoms with Gasteiger partial charge in [-0.2, -0.15) is 0 Å². The van der Waals surface area contributed by atoms with Crippen LogP contribution in [-0.4, -0.2) is 4.98 Å². The Hall–Kier alpha value is -1.83. The summed E-state index contributed by atoms with van der Waals surface area (Å²) in [6.07, 6.45) is 5.27. The van der Waals surface area contributed by atoms with Crippen LogP contribution in [0.5, 0.6) is 0 Å². The Morgan fingerprint density at radius 3 is 2.65 bits per heavy atom. The topological polar surface area (TPSA) is 24.9 Å². The molecule has 0 aliphatic carbocycles. The van der Waals surface area contributed by atoms with E-state index in [0.29, 0.717) is 0 Å². The van der Waals surface area contributed by atoms with Crippen LogP contribution in [0.25, 0.3) is 0 Å². The van der Waals surface area contributed by atoms with Crippen LogP contribution in [0, 0.1) is 0 Å². The summed E-state index contributed by atoms with van der Waals surface area (Å²) >= 11 is 0. The molecule has 2 heteroatoms. The molecule has 0 spiro atoms. The van der Waals surface area contributed by atoms with E-state index < -0.39 is 0 Å². The minimum atomic E-state index is 1.03. The molecular weight excluding hydrogens is 208 g/mol. The normalized spacial score (nSPS) is 10.2. The molecule has 0 aliphatic heterocycles. The maximum absolute atomic E-state index is 4.45. The number of benzene rings is 1. The number of nitrogens with one attached hydrogen (secondary N) is 1. The lowest BCUT2D eigenvalue weighted by Crippen LogP contribution is -1.98. The second kappa shape index (κ2) is 6.04.